The summed E-state index contributed by atoms with van der Waals surface area (Å²) in [7, 11) is 0. The molecule has 3 aromatic rings. The van der Waals surface area contributed by atoms with E-state index in [1.807, 2.05) is 37.3 Å². The van der Waals surface area contributed by atoms with Crippen molar-refractivity contribution in [3.63, 3.8) is 0 Å². The molecule has 1 fully saturated rings. The van der Waals surface area contributed by atoms with Gasteiger partial charge in [0.25, 0.3) is 5.91 Å². The van der Waals surface area contributed by atoms with Gasteiger partial charge in [0, 0.05) is 35.9 Å². The Hall–Kier alpha value is -3.87. The van der Waals surface area contributed by atoms with Crippen LogP contribution in [0.15, 0.2) is 60.8 Å². The van der Waals surface area contributed by atoms with Crippen LogP contribution in [0.3, 0.4) is 0 Å². The molecule has 1 aliphatic heterocycles. The van der Waals surface area contributed by atoms with Gasteiger partial charge in [-0.1, -0.05) is 24.3 Å². The molecule has 0 saturated carbocycles. The molecule has 2 aromatic carbocycles. The number of nitrogens with zero attached hydrogens (tertiary/aromatic N) is 3. The number of carbonyl (C=O) groups is 3. The lowest BCUT2D eigenvalue weighted by Crippen LogP contribution is -2.28. The topological polar surface area (TPSA) is 92.3 Å². The Labute approximate surface area is 173 Å². The quantitative estimate of drug-likeness (QED) is 0.663. The van der Waals surface area contributed by atoms with Crippen LogP contribution in [0.2, 0.25) is 0 Å². The number of amides is 3. The molecule has 30 heavy (non-hydrogen) atoms. The van der Waals surface area contributed by atoms with Gasteiger partial charge in [-0.2, -0.15) is 0 Å². The lowest BCUT2D eigenvalue weighted by molar-refractivity contribution is -0.139. The molecule has 150 valence electrons. The number of aryl methyl sites for hydroxylation is 1. The molecule has 0 atom stereocenters. The normalized spacial score (nSPS) is 13.6. The van der Waals surface area contributed by atoms with Crippen molar-refractivity contribution in [1.82, 2.24) is 14.9 Å². The van der Waals surface area contributed by atoms with Crippen LogP contribution < -0.4 is 5.32 Å². The van der Waals surface area contributed by atoms with E-state index in [-0.39, 0.29) is 37.1 Å². The Balaban J connectivity index is 1.44. The van der Waals surface area contributed by atoms with Crippen LogP contribution in [0.4, 0.5) is 5.69 Å². The van der Waals surface area contributed by atoms with Gasteiger partial charge >= 0.3 is 0 Å². The summed E-state index contributed by atoms with van der Waals surface area (Å²) in [6.07, 6.45) is 2.24. The van der Waals surface area contributed by atoms with E-state index in [0.717, 1.165) is 16.8 Å². The highest BCUT2D eigenvalue weighted by Gasteiger charge is 2.28. The minimum absolute atomic E-state index is 0.152. The van der Waals surface area contributed by atoms with Gasteiger partial charge in [-0.15, -0.1) is 0 Å². The van der Waals surface area contributed by atoms with E-state index in [4.69, 9.17) is 0 Å². The van der Waals surface area contributed by atoms with E-state index in [1.165, 1.54) is 4.90 Å². The Kier molecular flexibility index (Phi) is 5.34. The molecule has 3 amide bonds. The van der Waals surface area contributed by atoms with E-state index in [2.05, 4.69) is 15.3 Å². The summed E-state index contributed by atoms with van der Waals surface area (Å²) in [5, 5.41) is 2.89. The van der Waals surface area contributed by atoms with Crippen molar-refractivity contribution in [1.29, 1.82) is 0 Å². The number of imide groups is 1. The second-order valence-corrected chi connectivity index (χ2v) is 7.09. The summed E-state index contributed by atoms with van der Waals surface area (Å²) < 4.78 is 0. The smallest absolute Gasteiger partial charge is 0.255 e. The predicted octanol–water partition coefficient (Wildman–Crippen LogP) is 3.35. The lowest BCUT2D eigenvalue weighted by Gasteiger charge is -2.14. The van der Waals surface area contributed by atoms with Crippen LogP contribution in [-0.2, 0) is 16.1 Å². The summed E-state index contributed by atoms with van der Waals surface area (Å²) in [6, 6.07) is 16.2. The standard InChI is InChI=1S/C23H20N4O3/c1-15-24-12-11-20(25-15)18-3-2-4-19(13-18)26-23(30)17-7-5-16(6-8-17)14-27-21(28)9-10-22(27)29/h2-8,11-13H,9-10,14H2,1H3,(H,26,30). The molecular weight excluding hydrogens is 380 g/mol. The summed E-state index contributed by atoms with van der Waals surface area (Å²) in [4.78, 5) is 45.9. The number of aromatic nitrogens is 2. The van der Waals surface area contributed by atoms with E-state index in [0.29, 0.717) is 17.1 Å². The number of nitrogens with one attached hydrogen (secondary N) is 1. The second kappa shape index (κ2) is 8.24. The lowest BCUT2D eigenvalue weighted by atomic mass is 10.1. The maximum absolute atomic E-state index is 12.6. The minimum atomic E-state index is -0.245. The van der Waals surface area contributed by atoms with E-state index >= 15 is 0 Å². The Bertz CT molecular complexity index is 1110. The number of hydrogen-bond donors (Lipinski definition) is 1. The third-order valence-electron chi connectivity index (χ3n) is 4.90. The number of hydrogen-bond acceptors (Lipinski definition) is 5. The molecule has 2 heterocycles. The highest BCUT2D eigenvalue weighted by atomic mass is 16.2. The summed E-state index contributed by atoms with van der Waals surface area (Å²) >= 11 is 0. The zero-order chi connectivity index (χ0) is 21.1. The van der Waals surface area contributed by atoms with Gasteiger partial charge in [-0.05, 0) is 42.8 Å². The molecule has 0 unspecified atom stereocenters. The molecule has 7 nitrogen and oxygen atoms in total. The van der Waals surface area contributed by atoms with Gasteiger partial charge in [-0.25, -0.2) is 9.97 Å². The van der Waals surface area contributed by atoms with E-state index < -0.39 is 0 Å². The molecule has 4 rings (SSSR count). The molecule has 0 aliphatic carbocycles. The third-order valence-corrected chi connectivity index (χ3v) is 4.90. The van der Waals surface area contributed by atoms with Gasteiger partial charge < -0.3 is 5.32 Å². The molecule has 1 aliphatic rings. The van der Waals surface area contributed by atoms with E-state index in [9.17, 15) is 14.4 Å². The average molecular weight is 400 g/mol. The number of likely N-dealkylation sites (tertiary alicyclic amines) is 1. The Morgan fingerprint density at radius 3 is 2.47 bits per heavy atom. The van der Waals surface area contributed by atoms with Crippen LogP contribution >= 0.6 is 0 Å². The van der Waals surface area contributed by atoms with Crippen molar-refractivity contribution in [3.05, 3.63) is 77.7 Å². The first-order chi connectivity index (χ1) is 14.5. The zero-order valence-corrected chi connectivity index (χ0v) is 16.5. The highest BCUT2D eigenvalue weighted by Crippen LogP contribution is 2.21. The fourth-order valence-electron chi connectivity index (χ4n) is 3.32. The zero-order valence-electron chi connectivity index (χ0n) is 16.5. The van der Waals surface area contributed by atoms with Crippen molar-refractivity contribution in [2.45, 2.75) is 26.3 Å². The maximum atomic E-state index is 12.6. The van der Waals surface area contributed by atoms with Crippen LogP contribution in [0, 0.1) is 6.92 Å². The second-order valence-electron chi connectivity index (χ2n) is 7.09. The largest absolute Gasteiger partial charge is 0.322 e. The van der Waals surface area contributed by atoms with Crippen molar-refractivity contribution >= 4 is 23.4 Å². The van der Waals surface area contributed by atoms with Crippen LogP contribution in [-0.4, -0.2) is 32.6 Å². The first-order valence-electron chi connectivity index (χ1n) is 9.63. The number of anilines is 1. The third kappa shape index (κ3) is 4.25. The SMILES string of the molecule is Cc1nccc(-c2cccc(NC(=O)c3ccc(CN4C(=O)CCC4=O)cc3)c2)n1. The van der Waals surface area contributed by atoms with Crippen LogP contribution in [0.25, 0.3) is 11.3 Å². The molecular formula is C23H20N4O3. The Morgan fingerprint density at radius 2 is 1.77 bits per heavy atom. The number of carbonyl (C=O) groups excluding carboxylic acids is 3. The van der Waals surface area contributed by atoms with Crippen molar-refractivity contribution in [2.24, 2.45) is 0 Å². The van der Waals surface area contributed by atoms with Crippen LogP contribution in [0.1, 0.15) is 34.6 Å². The molecule has 0 bridgehead atoms. The summed E-state index contributed by atoms with van der Waals surface area (Å²) in [6.45, 7) is 2.06. The molecule has 0 spiro atoms. The van der Waals surface area contributed by atoms with Crippen molar-refractivity contribution in [2.75, 3.05) is 5.32 Å². The molecule has 7 heteroatoms. The predicted molar refractivity (Wildman–Crippen MR) is 111 cm³/mol. The highest BCUT2D eigenvalue weighted by molar-refractivity contribution is 6.04. The van der Waals surface area contributed by atoms with Crippen molar-refractivity contribution < 1.29 is 14.4 Å². The van der Waals surface area contributed by atoms with Gasteiger partial charge in [0.2, 0.25) is 11.8 Å². The number of rotatable bonds is 5. The van der Waals surface area contributed by atoms with E-state index in [1.54, 1.807) is 30.5 Å². The monoisotopic (exact) mass is 400 g/mol. The van der Waals surface area contributed by atoms with Gasteiger partial charge in [0.15, 0.2) is 0 Å². The summed E-state index contributed by atoms with van der Waals surface area (Å²) in [5.41, 5.74) is 3.62. The molecule has 0 radical (unpaired) electrons. The van der Waals surface area contributed by atoms with Gasteiger partial charge in [0.1, 0.15) is 5.82 Å². The van der Waals surface area contributed by atoms with Crippen molar-refractivity contribution in [3.8, 4) is 11.3 Å². The van der Waals surface area contributed by atoms with Gasteiger partial charge in [0.05, 0.1) is 12.2 Å². The fourth-order valence-corrected chi connectivity index (χ4v) is 3.32. The van der Waals surface area contributed by atoms with Crippen LogP contribution in [0.5, 0.6) is 0 Å². The maximum Gasteiger partial charge on any atom is 0.255 e. The van der Waals surface area contributed by atoms with Gasteiger partial charge in [-0.3, -0.25) is 19.3 Å². The minimum Gasteiger partial charge on any atom is -0.322 e. The first-order valence-corrected chi connectivity index (χ1v) is 9.63. The fraction of sp³-hybridized carbons (Fsp3) is 0.174. The molecule has 1 aromatic heterocycles. The summed E-state index contributed by atoms with van der Waals surface area (Å²) in [5.74, 6) is 0.131. The Morgan fingerprint density at radius 1 is 1.03 bits per heavy atom. The molecule has 1 saturated heterocycles. The number of benzene rings is 2. The first kappa shape index (κ1) is 19.4. The molecule has 1 N–H and O–H groups in total. The average Bonchev–Trinajstić information content (AvgIpc) is 3.06.